The molecule has 0 fully saturated rings. The molecule has 0 saturated heterocycles. The zero-order valence-corrected chi connectivity index (χ0v) is 13.9. The first-order chi connectivity index (χ1) is 12.5. The number of nitrogens with two attached hydrogens (primary N) is 2. The molecule has 0 radical (unpaired) electrons. The molecule has 4 heterocycles. The fraction of sp³-hybridized carbons (Fsp3) is 0. The minimum atomic E-state index is -4.67. The Kier molecular flexibility index (Phi) is 5.48. The number of aromatic nitrogens is 8. The smallest absolute Gasteiger partial charge is 0.383 e. The van der Waals surface area contributed by atoms with Crippen molar-refractivity contribution in [3.05, 3.63) is 33.6 Å². The summed E-state index contributed by atoms with van der Waals surface area (Å²) < 4.78 is 31.6. The second-order valence-electron chi connectivity index (χ2n) is 4.56. The lowest BCUT2D eigenvalue weighted by Crippen LogP contribution is -2.12. The average molecular weight is 400 g/mol. The molecule has 0 aromatic carbocycles. The first kappa shape index (κ1) is 19.5. The fourth-order valence-corrected chi connectivity index (χ4v) is 1.74. The fourth-order valence-electron chi connectivity index (χ4n) is 1.74. The van der Waals surface area contributed by atoms with Crippen molar-refractivity contribution in [2.75, 3.05) is 11.5 Å². The average Bonchev–Trinajstić information content (AvgIpc) is 3.14. The maximum absolute atomic E-state index is 10.7. The number of hydrogen-bond donors (Lipinski definition) is 8. The molecular weight excluding hydrogens is 388 g/mol. The number of rotatable bonds is 0. The van der Waals surface area contributed by atoms with E-state index in [1.165, 1.54) is 12.7 Å². The SMILES string of the molecule is Nc1[nH]c(=O)nc2nc[nH]c12.Nc1[nH]c(=O)nc2nc[nH]c12.O=S(=O)(O)O. The molecule has 4 aromatic heterocycles. The van der Waals surface area contributed by atoms with Crippen molar-refractivity contribution in [2.45, 2.75) is 0 Å². The van der Waals surface area contributed by atoms with Crippen molar-refractivity contribution in [2.24, 2.45) is 0 Å². The second-order valence-corrected chi connectivity index (χ2v) is 5.46. The number of nitrogen functional groups attached to an aromatic ring is 2. The highest BCUT2D eigenvalue weighted by Crippen LogP contribution is 2.08. The van der Waals surface area contributed by atoms with Crippen LogP contribution in [0.4, 0.5) is 11.6 Å². The number of imidazole rings is 2. The Bertz CT molecular complexity index is 1190. The Balaban J connectivity index is 0.000000157. The standard InChI is InChI=1S/2C5H5N5O.H2O4S/c2*6-3-2-4(8-1-7-2)10-5(11)9-3;1-5(2,3)4/h2*1H,(H4,6,7,8,9,10,11);(H2,1,2,3,4). The van der Waals surface area contributed by atoms with Crippen LogP contribution < -0.4 is 22.8 Å². The van der Waals surface area contributed by atoms with Gasteiger partial charge in [-0.2, -0.15) is 18.4 Å². The Labute approximate surface area is 147 Å². The molecule has 27 heavy (non-hydrogen) atoms. The van der Waals surface area contributed by atoms with Gasteiger partial charge < -0.3 is 21.4 Å². The second kappa shape index (κ2) is 7.59. The quantitative estimate of drug-likeness (QED) is 0.146. The third-order valence-electron chi connectivity index (χ3n) is 2.68. The van der Waals surface area contributed by atoms with E-state index < -0.39 is 21.8 Å². The number of nitrogens with zero attached hydrogens (tertiary/aromatic N) is 4. The van der Waals surface area contributed by atoms with Gasteiger partial charge in [-0.1, -0.05) is 0 Å². The van der Waals surface area contributed by atoms with Crippen LogP contribution in [0.3, 0.4) is 0 Å². The van der Waals surface area contributed by atoms with Gasteiger partial charge >= 0.3 is 21.8 Å². The van der Waals surface area contributed by atoms with Gasteiger partial charge in [0, 0.05) is 0 Å². The highest BCUT2D eigenvalue weighted by molar-refractivity contribution is 7.79. The lowest BCUT2D eigenvalue weighted by molar-refractivity contribution is 0.381. The van der Waals surface area contributed by atoms with Crippen LogP contribution in [-0.2, 0) is 10.4 Å². The summed E-state index contributed by atoms with van der Waals surface area (Å²) in [5.41, 5.74) is 11.7. The predicted molar refractivity (Wildman–Crippen MR) is 92.0 cm³/mol. The molecule has 10 N–H and O–H groups in total. The summed E-state index contributed by atoms with van der Waals surface area (Å²) in [5, 5.41) is 0. The molecular formula is C10H12N10O6S. The van der Waals surface area contributed by atoms with Gasteiger partial charge in [0.25, 0.3) is 0 Å². The van der Waals surface area contributed by atoms with Crippen molar-refractivity contribution in [3.63, 3.8) is 0 Å². The van der Waals surface area contributed by atoms with Crippen LogP contribution >= 0.6 is 0 Å². The molecule has 4 aromatic rings. The molecule has 17 heteroatoms. The Morgan fingerprint density at radius 1 is 0.815 bits per heavy atom. The molecule has 16 nitrogen and oxygen atoms in total. The third kappa shape index (κ3) is 5.59. The summed E-state index contributed by atoms with van der Waals surface area (Å²) >= 11 is 0. The van der Waals surface area contributed by atoms with E-state index in [1.807, 2.05) is 0 Å². The van der Waals surface area contributed by atoms with E-state index in [-0.39, 0.29) is 11.6 Å². The van der Waals surface area contributed by atoms with Gasteiger partial charge in [-0.3, -0.25) is 19.1 Å². The van der Waals surface area contributed by atoms with Crippen LogP contribution in [0.25, 0.3) is 22.3 Å². The molecule has 0 aliphatic carbocycles. The van der Waals surface area contributed by atoms with Gasteiger partial charge in [-0.15, -0.1) is 0 Å². The van der Waals surface area contributed by atoms with Crippen molar-refractivity contribution in [1.82, 2.24) is 39.9 Å². The van der Waals surface area contributed by atoms with Gasteiger partial charge in [-0.25, -0.2) is 19.6 Å². The van der Waals surface area contributed by atoms with Crippen LogP contribution in [0.2, 0.25) is 0 Å². The summed E-state index contributed by atoms with van der Waals surface area (Å²) in [7, 11) is -4.67. The Morgan fingerprint density at radius 2 is 1.15 bits per heavy atom. The number of aromatic amines is 4. The van der Waals surface area contributed by atoms with E-state index in [0.717, 1.165) is 0 Å². The van der Waals surface area contributed by atoms with Crippen molar-refractivity contribution in [1.29, 1.82) is 0 Å². The lowest BCUT2D eigenvalue weighted by Gasteiger charge is -1.90. The van der Waals surface area contributed by atoms with Crippen LogP contribution in [0, 0.1) is 0 Å². The van der Waals surface area contributed by atoms with Crippen molar-refractivity contribution >= 4 is 44.4 Å². The van der Waals surface area contributed by atoms with Crippen LogP contribution in [0.15, 0.2) is 22.2 Å². The lowest BCUT2D eigenvalue weighted by atomic mass is 10.5. The van der Waals surface area contributed by atoms with E-state index in [4.69, 9.17) is 29.0 Å². The van der Waals surface area contributed by atoms with Crippen LogP contribution in [-0.4, -0.2) is 57.4 Å². The largest absolute Gasteiger partial charge is 0.394 e. The van der Waals surface area contributed by atoms with Gasteiger partial charge in [0.1, 0.15) is 22.7 Å². The topological polar surface area (TPSA) is 276 Å². The number of fused-ring (bicyclic) bond motifs is 2. The molecule has 0 unspecified atom stereocenters. The van der Waals surface area contributed by atoms with E-state index in [9.17, 15) is 9.59 Å². The summed E-state index contributed by atoms with van der Waals surface area (Å²) in [4.78, 5) is 46.2. The van der Waals surface area contributed by atoms with E-state index >= 15 is 0 Å². The molecule has 4 rings (SSSR count). The summed E-state index contributed by atoms with van der Waals surface area (Å²) in [6, 6.07) is 0. The van der Waals surface area contributed by atoms with Gasteiger partial charge in [0.15, 0.2) is 11.3 Å². The maximum Gasteiger partial charge on any atom is 0.394 e. The van der Waals surface area contributed by atoms with Gasteiger partial charge in [0.2, 0.25) is 0 Å². The maximum atomic E-state index is 10.7. The predicted octanol–water partition coefficient (Wildman–Crippen LogP) is -2.20. The third-order valence-corrected chi connectivity index (χ3v) is 2.68. The zero-order chi connectivity index (χ0) is 20.2. The molecule has 0 aliphatic heterocycles. The monoisotopic (exact) mass is 400 g/mol. The highest BCUT2D eigenvalue weighted by Gasteiger charge is 2.02. The van der Waals surface area contributed by atoms with E-state index in [1.54, 1.807) is 0 Å². The van der Waals surface area contributed by atoms with E-state index in [2.05, 4.69) is 39.9 Å². The summed E-state index contributed by atoms with van der Waals surface area (Å²) in [6.45, 7) is 0. The first-order valence-electron chi connectivity index (χ1n) is 6.62. The van der Waals surface area contributed by atoms with Gasteiger partial charge in [-0.05, 0) is 0 Å². The van der Waals surface area contributed by atoms with E-state index in [0.29, 0.717) is 22.3 Å². The van der Waals surface area contributed by atoms with Crippen LogP contribution in [0.1, 0.15) is 0 Å². The Morgan fingerprint density at radius 3 is 1.48 bits per heavy atom. The zero-order valence-electron chi connectivity index (χ0n) is 13.0. The minimum Gasteiger partial charge on any atom is -0.383 e. The molecule has 0 atom stereocenters. The minimum absolute atomic E-state index is 0.262. The molecule has 0 bridgehead atoms. The molecule has 0 spiro atoms. The molecule has 0 saturated carbocycles. The number of H-pyrrole nitrogens is 4. The molecule has 144 valence electrons. The highest BCUT2D eigenvalue weighted by atomic mass is 32.3. The molecule has 0 aliphatic rings. The summed E-state index contributed by atoms with van der Waals surface area (Å²) in [6.07, 6.45) is 2.86. The number of nitrogens with one attached hydrogen (secondary N) is 4. The summed E-state index contributed by atoms with van der Waals surface area (Å²) in [5.74, 6) is 0.523. The number of anilines is 2. The van der Waals surface area contributed by atoms with Crippen molar-refractivity contribution < 1.29 is 17.5 Å². The number of hydrogen-bond acceptors (Lipinski definition) is 10. The van der Waals surface area contributed by atoms with Gasteiger partial charge in [0.05, 0.1) is 12.7 Å². The Hall–Kier alpha value is -3.83. The molecule has 0 amide bonds. The van der Waals surface area contributed by atoms with Crippen molar-refractivity contribution in [3.8, 4) is 0 Å². The van der Waals surface area contributed by atoms with Crippen LogP contribution in [0.5, 0.6) is 0 Å². The normalized spacial score (nSPS) is 10.7. The first-order valence-corrected chi connectivity index (χ1v) is 8.02.